The van der Waals surface area contributed by atoms with E-state index in [-0.39, 0.29) is 5.70 Å². The fraction of sp³-hybridized carbons (Fsp3) is 0.154. The normalized spacial score (nSPS) is 14.4. The average Bonchev–Trinajstić information content (AvgIpc) is 3.13. The van der Waals surface area contributed by atoms with Crippen LogP contribution in [-0.2, 0) is 16.1 Å². The fourth-order valence-corrected chi connectivity index (χ4v) is 3.24. The summed E-state index contributed by atoms with van der Waals surface area (Å²) in [6.07, 6.45) is 1.68. The molecule has 0 N–H and O–H groups in total. The molecule has 0 aromatic heterocycles. The Morgan fingerprint density at radius 1 is 0.935 bits per heavy atom. The summed E-state index contributed by atoms with van der Waals surface area (Å²) < 4.78 is 16.8. The quantitative estimate of drug-likeness (QED) is 0.410. The topological polar surface area (TPSA) is 57.1 Å². The molecule has 1 heterocycles. The maximum atomic E-state index is 12.3. The Bertz CT molecular complexity index is 1180. The minimum atomic E-state index is -0.477. The summed E-state index contributed by atoms with van der Waals surface area (Å²) in [6, 6.07) is 21.3. The second-order valence-electron chi connectivity index (χ2n) is 7.39. The number of nitrogens with zero attached hydrogens (tertiary/aromatic N) is 1. The minimum Gasteiger partial charge on any atom is -0.493 e. The smallest absolute Gasteiger partial charge is 0.363 e. The summed E-state index contributed by atoms with van der Waals surface area (Å²) in [4.78, 5) is 16.6. The van der Waals surface area contributed by atoms with Gasteiger partial charge in [-0.3, -0.25) is 0 Å². The second kappa shape index (κ2) is 8.88. The number of carbonyl (C=O) groups excluding carboxylic acids is 1. The van der Waals surface area contributed by atoms with E-state index in [1.54, 1.807) is 13.2 Å². The molecule has 1 aliphatic rings. The van der Waals surface area contributed by atoms with E-state index in [0.717, 1.165) is 22.3 Å². The van der Waals surface area contributed by atoms with E-state index < -0.39 is 5.97 Å². The molecule has 4 rings (SSSR count). The summed E-state index contributed by atoms with van der Waals surface area (Å²) >= 11 is 0. The molecular formula is C26H23NO4. The first-order valence-electron chi connectivity index (χ1n) is 9.98. The van der Waals surface area contributed by atoms with Crippen molar-refractivity contribution in [2.75, 3.05) is 7.11 Å². The third-order valence-corrected chi connectivity index (χ3v) is 4.89. The van der Waals surface area contributed by atoms with Crippen LogP contribution in [-0.4, -0.2) is 19.0 Å². The number of aryl methyl sites for hydroxylation is 2. The van der Waals surface area contributed by atoms with Crippen molar-refractivity contribution >= 4 is 17.9 Å². The number of methoxy groups -OCH3 is 1. The molecule has 5 nitrogen and oxygen atoms in total. The van der Waals surface area contributed by atoms with Crippen molar-refractivity contribution in [3.05, 3.63) is 100 Å². The SMILES string of the molecule is COc1cc(/C=C2\N=C(c3ccc(C)cc3)OC2=O)ccc1OCc1cccc(C)c1. The van der Waals surface area contributed by atoms with Crippen LogP contribution in [0.3, 0.4) is 0 Å². The zero-order chi connectivity index (χ0) is 21.8. The summed E-state index contributed by atoms with van der Waals surface area (Å²) in [5, 5.41) is 0. The molecule has 5 heteroatoms. The molecule has 0 unspecified atom stereocenters. The standard InChI is InChI=1S/C26H23NO4/c1-17-7-10-21(11-8-17)25-27-22(26(28)31-25)14-19-9-12-23(24(15-19)29-3)30-16-20-6-4-5-18(2)13-20/h4-15H,16H2,1-3H3/b22-14-. The first-order valence-corrected chi connectivity index (χ1v) is 9.98. The first-order chi connectivity index (χ1) is 15.0. The number of esters is 1. The highest BCUT2D eigenvalue weighted by Crippen LogP contribution is 2.30. The van der Waals surface area contributed by atoms with Crippen molar-refractivity contribution in [1.82, 2.24) is 0 Å². The van der Waals surface area contributed by atoms with Crippen LogP contribution in [0.4, 0.5) is 0 Å². The number of cyclic esters (lactones) is 1. The van der Waals surface area contributed by atoms with Gasteiger partial charge in [0, 0.05) is 5.56 Å². The van der Waals surface area contributed by atoms with E-state index in [0.29, 0.717) is 24.0 Å². The van der Waals surface area contributed by atoms with Crippen LogP contribution in [0.25, 0.3) is 6.08 Å². The van der Waals surface area contributed by atoms with Gasteiger partial charge in [0.25, 0.3) is 0 Å². The van der Waals surface area contributed by atoms with Gasteiger partial charge in [0.1, 0.15) is 6.61 Å². The molecule has 0 atom stereocenters. The first kappa shape index (κ1) is 20.4. The van der Waals surface area contributed by atoms with E-state index in [9.17, 15) is 4.79 Å². The molecule has 0 bridgehead atoms. The van der Waals surface area contributed by atoms with E-state index in [1.165, 1.54) is 5.56 Å². The maximum absolute atomic E-state index is 12.3. The van der Waals surface area contributed by atoms with Gasteiger partial charge < -0.3 is 14.2 Å². The highest BCUT2D eigenvalue weighted by molar-refractivity contribution is 6.12. The number of ether oxygens (including phenoxy) is 3. The lowest BCUT2D eigenvalue weighted by molar-refractivity contribution is -0.129. The molecule has 1 aliphatic heterocycles. The number of rotatable bonds is 6. The molecule has 0 fully saturated rings. The summed E-state index contributed by atoms with van der Waals surface area (Å²) in [5.41, 5.74) is 5.16. The largest absolute Gasteiger partial charge is 0.493 e. The monoisotopic (exact) mass is 413 g/mol. The van der Waals surface area contributed by atoms with Crippen LogP contribution in [0.1, 0.15) is 27.8 Å². The van der Waals surface area contributed by atoms with E-state index in [1.807, 2.05) is 74.5 Å². The molecule has 3 aromatic rings. The second-order valence-corrected chi connectivity index (χ2v) is 7.39. The summed E-state index contributed by atoms with van der Waals surface area (Å²) in [6.45, 7) is 4.49. The van der Waals surface area contributed by atoms with Crippen molar-refractivity contribution in [2.24, 2.45) is 4.99 Å². The molecule has 0 saturated carbocycles. The highest BCUT2D eigenvalue weighted by Gasteiger charge is 2.24. The van der Waals surface area contributed by atoms with Crippen LogP contribution >= 0.6 is 0 Å². The van der Waals surface area contributed by atoms with Gasteiger partial charge in [0.05, 0.1) is 7.11 Å². The molecule has 156 valence electrons. The molecule has 0 radical (unpaired) electrons. The Morgan fingerprint density at radius 2 is 1.74 bits per heavy atom. The predicted octanol–water partition coefficient (Wildman–Crippen LogP) is 5.24. The third kappa shape index (κ3) is 4.83. The van der Waals surface area contributed by atoms with Crippen LogP contribution < -0.4 is 9.47 Å². The lowest BCUT2D eigenvalue weighted by atomic mass is 10.1. The Kier molecular flexibility index (Phi) is 5.85. The van der Waals surface area contributed by atoms with E-state index >= 15 is 0 Å². The molecule has 0 saturated heterocycles. The van der Waals surface area contributed by atoms with E-state index in [2.05, 4.69) is 11.1 Å². The fourth-order valence-electron chi connectivity index (χ4n) is 3.24. The summed E-state index contributed by atoms with van der Waals surface area (Å²) in [5.74, 6) is 1.04. The lowest BCUT2D eigenvalue weighted by Gasteiger charge is -2.12. The summed E-state index contributed by atoms with van der Waals surface area (Å²) in [7, 11) is 1.59. The highest BCUT2D eigenvalue weighted by atomic mass is 16.6. The number of aliphatic imine (C=N–C) groups is 1. The van der Waals surface area contributed by atoms with Crippen molar-refractivity contribution in [1.29, 1.82) is 0 Å². The van der Waals surface area contributed by atoms with Gasteiger partial charge in [-0.2, -0.15) is 0 Å². The van der Waals surface area contributed by atoms with Crippen molar-refractivity contribution in [2.45, 2.75) is 20.5 Å². The van der Waals surface area contributed by atoms with E-state index in [4.69, 9.17) is 14.2 Å². The number of carbonyl (C=O) groups is 1. The van der Waals surface area contributed by atoms with Crippen molar-refractivity contribution < 1.29 is 19.0 Å². The van der Waals surface area contributed by atoms with Gasteiger partial charge in [-0.25, -0.2) is 9.79 Å². The molecule has 3 aromatic carbocycles. The van der Waals surface area contributed by atoms with Gasteiger partial charge in [0.15, 0.2) is 17.2 Å². The van der Waals surface area contributed by atoms with Gasteiger partial charge in [0.2, 0.25) is 5.90 Å². The van der Waals surface area contributed by atoms with Crippen LogP contribution in [0.15, 0.2) is 77.4 Å². The van der Waals surface area contributed by atoms with Gasteiger partial charge >= 0.3 is 5.97 Å². The zero-order valence-corrected chi connectivity index (χ0v) is 17.7. The Balaban J connectivity index is 1.53. The molecule has 0 aliphatic carbocycles. The maximum Gasteiger partial charge on any atom is 0.363 e. The Labute approximate surface area is 181 Å². The van der Waals surface area contributed by atoms with Gasteiger partial charge in [-0.1, -0.05) is 53.6 Å². The van der Waals surface area contributed by atoms with Crippen molar-refractivity contribution in [3.63, 3.8) is 0 Å². The molecule has 0 spiro atoms. The Hall–Kier alpha value is -3.86. The average molecular weight is 413 g/mol. The number of hydrogen-bond acceptors (Lipinski definition) is 5. The van der Waals surface area contributed by atoms with Gasteiger partial charge in [-0.05, 0) is 55.3 Å². The third-order valence-electron chi connectivity index (χ3n) is 4.89. The Morgan fingerprint density at radius 3 is 2.48 bits per heavy atom. The number of hydrogen-bond donors (Lipinski definition) is 0. The zero-order valence-electron chi connectivity index (χ0n) is 17.7. The predicted molar refractivity (Wildman–Crippen MR) is 120 cm³/mol. The van der Waals surface area contributed by atoms with Crippen LogP contribution in [0, 0.1) is 13.8 Å². The van der Waals surface area contributed by atoms with Crippen molar-refractivity contribution in [3.8, 4) is 11.5 Å². The number of benzene rings is 3. The molecular weight excluding hydrogens is 390 g/mol. The van der Waals surface area contributed by atoms with Gasteiger partial charge in [-0.15, -0.1) is 0 Å². The lowest BCUT2D eigenvalue weighted by Crippen LogP contribution is -2.05. The van der Waals surface area contributed by atoms with Crippen LogP contribution in [0.2, 0.25) is 0 Å². The molecule has 0 amide bonds. The minimum absolute atomic E-state index is 0.242. The molecule has 31 heavy (non-hydrogen) atoms. The van der Waals surface area contributed by atoms with Crippen LogP contribution in [0.5, 0.6) is 11.5 Å².